The van der Waals surface area contributed by atoms with Gasteiger partial charge in [0.05, 0.1) is 23.7 Å². The minimum Gasteiger partial charge on any atom is -0.461 e. The first-order valence-corrected chi connectivity index (χ1v) is 10.9. The zero-order valence-corrected chi connectivity index (χ0v) is 18.1. The van der Waals surface area contributed by atoms with E-state index in [1.54, 1.807) is 19.1 Å². The van der Waals surface area contributed by atoms with Crippen LogP contribution in [0.25, 0.3) is 5.69 Å². The number of nitrogens with zero attached hydrogens (tertiary/aromatic N) is 2. The van der Waals surface area contributed by atoms with E-state index in [4.69, 9.17) is 4.74 Å². The number of rotatable bonds is 8. The quantitative estimate of drug-likeness (QED) is 0.542. The number of para-hydroxylation sites is 1. The van der Waals surface area contributed by atoms with Gasteiger partial charge in [0.1, 0.15) is 0 Å². The summed E-state index contributed by atoms with van der Waals surface area (Å²) >= 11 is 1.43. The standard InChI is InChI=1S/C23H23N3O4S/c1-3-30-23(29)22-18(24-20(27)15-31-14-17-10-5-4-6-11-17)13-21(28)26(25-22)19-12-8-7-9-16(19)2/h4-13H,3,14-15H2,1-2H3,(H,24,27). The highest BCUT2D eigenvalue weighted by atomic mass is 32.2. The smallest absolute Gasteiger partial charge is 0.360 e. The number of carbonyl (C=O) groups is 2. The second-order valence-corrected chi connectivity index (χ2v) is 7.68. The Hall–Kier alpha value is -3.39. The fourth-order valence-electron chi connectivity index (χ4n) is 2.90. The molecule has 0 unspecified atom stereocenters. The van der Waals surface area contributed by atoms with Gasteiger partial charge in [-0.2, -0.15) is 9.78 Å². The Labute approximate surface area is 184 Å². The number of ether oxygens (including phenoxy) is 1. The Balaban J connectivity index is 1.82. The summed E-state index contributed by atoms with van der Waals surface area (Å²) < 4.78 is 6.22. The average Bonchev–Trinajstić information content (AvgIpc) is 2.75. The molecular weight excluding hydrogens is 414 g/mol. The van der Waals surface area contributed by atoms with Crippen LogP contribution in [0.15, 0.2) is 65.5 Å². The number of carbonyl (C=O) groups excluding carboxylic acids is 2. The molecule has 3 aromatic rings. The predicted molar refractivity (Wildman–Crippen MR) is 122 cm³/mol. The van der Waals surface area contributed by atoms with Crippen LogP contribution in [0.3, 0.4) is 0 Å². The molecule has 1 aromatic heterocycles. The number of aryl methyl sites for hydroxylation is 1. The molecule has 0 saturated heterocycles. The molecule has 0 saturated carbocycles. The van der Waals surface area contributed by atoms with Gasteiger partial charge in [-0.25, -0.2) is 4.79 Å². The molecule has 7 nitrogen and oxygen atoms in total. The van der Waals surface area contributed by atoms with Crippen LogP contribution >= 0.6 is 11.8 Å². The second-order valence-electron chi connectivity index (χ2n) is 6.69. The molecule has 2 aromatic carbocycles. The Bertz CT molecular complexity index is 1130. The lowest BCUT2D eigenvalue weighted by molar-refractivity contribution is -0.113. The molecule has 160 valence electrons. The van der Waals surface area contributed by atoms with Gasteiger partial charge >= 0.3 is 5.97 Å². The van der Waals surface area contributed by atoms with Crippen molar-refractivity contribution in [2.45, 2.75) is 19.6 Å². The SMILES string of the molecule is CCOC(=O)c1nn(-c2ccccc2C)c(=O)cc1NC(=O)CSCc1ccccc1. The lowest BCUT2D eigenvalue weighted by Gasteiger charge is -2.13. The van der Waals surface area contributed by atoms with Crippen molar-refractivity contribution in [1.82, 2.24) is 9.78 Å². The van der Waals surface area contributed by atoms with E-state index in [9.17, 15) is 14.4 Å². The third kappa shape index (κ3) is 5.82. The molecule has 0 atom stereocenters. The van der Waals surface area contributed by atoms with Gasteiger partial charge in [-0.1, -0.05) is 48.5 Å². The van der Waals surface area contributed by atoms with E-state index in [0.717, 1.165) is 15.8 Å². The number of aromatic nitrogens is 2. The van der Waals surface area contributed by atoms with Crippen molar-refractivity contribution in [1.29, 1.82) is 0 Å². The van der Waals surface area contributed by atoms with Crippen molar-refractivity contribution >= 4 is 29.3 Å². The van der Waals surface area contributed by atoms with Crippen molar-refractivity contribution < 1.29 is 14.3 Å². The van der Waals surface area contributed by atoms with E-state index >= 15 is 0 Å². The maximum absolute atomic E-state index is 12.7. The molecule has 0 aliphatic heterocycles. The van der Waals surface area contributed by atoms with Crippen molar-refractivity contribution in [3.05, 3.63) is 87.8 Å². The highest BCUT2D eigenvalue weighted by Gasteiger charge is 2.20. The molecule has 8 heteroatoms. The predicted octanol–water partition coefficient (Wildman–Crippen LogP) is 3.59. The van der Waals surface area contributed by atoms with Crippen molar-refractivity contribution in [3.63, 3.8) is 0 Å². The molecule has 0 bridgehead atoms. The number of thioether (sulfide) groups is 1. The molecule has 1 heterocycles. The van der Waals surface area contributed by atoms with Gasteiger partial charge in [0, 0.05) is 11.8 Å². The fraction of sp³-hybridized carbons (Fsp3) is 0.217. The van der Waals surface area contributed by atoms with Crippen LogP contribution in [0.1, 0.15) is 28.5 Å². The molecule has 0 radical (unpaired) electrons. The first-order chi connectivity index (χ1) is 15.0. The first-order valence-electron chi connectivity index (χ1n) is 9.78. The number of anilines is 1. The van der Waals surface area contributed by atoms with Crippen LogP contribution in [-0.2, 0) is 15.3 Å². The summed E-state index contributed by atoms with van der Waals surface area (Å²) in [5.74, 6) is -0.206. The topological polar surface area (TPSA) is 90.3 Å². The normalized spacial score (nSPS) is 10.5. The maximum Gasteiger partial charge on any atom is 0.360 e. The summed E-state index contributed by atoms with van der Waals surface area (Å²) in [6.45, 7) is 3.66. The highest BCUT2D eigenvalue weighted by Crippen LogP contribution is 2.17. The molecule has 0 spiro atoms. The zero-order valence-electron chi connectivity index (χ0n) is 17.3. The van der Waals surface area contributed by atoms with Crippen LogP contribution in [0.5, 0.6) is 0 Å². The maximum atomic E-state index is 12.7. The molecule has 0 fully saturated rings. The third-order valence-corrected chi connectivity index (χ3v) is 5.37. The first kappa shape index (κ1) is 22.3. The van der Waals surface area contributed by atoms with Crippen molar-refractivity contribution in [2.24, 2.45) is 0 Å². The molecule has 0 aliphatic rings. The van der Waals surface area contributed by atoms with Crippen LogP contribution in [-0.4, -0.2) is 34.0 Å². The summed E-state index contributed by atoms with van der Waals surface area (Å²) in [6.07, 6.45) is 0. The largest absolute Gasteiger partial charge is 0.461 e. The molecule has 0 aliphatic carbocycles. The summed E-state index contributed by atoms with van der Waals surface area (Å²) in [5, 5.41) is 6.84. The number of hydrogen-bond donors (Lipinski definition) is 1. The number of nitrogens with one attached hydrogen (secondary N) is 1. The second kappa shape index (κ2) is 10.6. The lowest BCUT2D eigenvalue weighted by Crippen LogP contribution is -2.28. The van der Waals surface area contributed by atoms with Gasteiger partial charge < -0.3 is 10.1 Å². The summed E-state index contributed by atoms with van der Waals surface area (Å²) in [5.41, 5.74) is 1.93. The number of benzene rings is 2. The number of esters is 1. The Morgan fingerprint density at radius 1 is 1.10 bits per heavy atom. The van der Waals surface area contributed by atoms with Gasteiger partial charge in [0.25, 0.3) is 5.56 Å². The number of hydrogen-bond acceptors (Lipinski definition) is 6. The van der Waals surface area contributed by atoms with E-state index < -0.39 is 11.5 Å². The lowest BCUT2D eigenvalue weighted by atomic mass is 10.2. The fourth-order valence-corrected chi connectivity index (χ4v) is 3.69. The van der Waals surface area contributed by atoms with Crippen LogP contribution in [0.4, 0.5) is 5.69 Å². The minimum atomic E-state index is -0.711. The third-order valence-electron chi connectivity index (χ3n) is 4.36. The van der Waals surface area contributed by atoms with Gasteiger partial charge in [-0.15, -0.1) is 11.8 Å². The van der Waals surface area contributed by atoms with E-state index in [0.29, 0.717) is 11.4 Å². The average molecular weight is 438 g/mol. The van der Waals surface area contributed by atoms with Gasteiger partial charge in [0.15, 0.2) is 5.69 Å². The van der Waals surface area contributed by atoms with E-state index in [2.05, 4.69) is 10.4 Å². The molecular formula is C23H23N3O4S. The Kier molecular flexibility index (Phi) is 7.61. The molecule has 1 N–H and O–H groups in total. The highest BCUT2D eigenvalue weighted by molar-refractivity contribution is 7.99. The summed E-state index contributed by atoms with van der Waals surface area (Å²) in [6, 6.07) is 18.2. The van der Waals surface area contributed by atoms with Gasteiger partial charge in [-0.05, 0) is 31.0 Å². The molecule has 1 amide bonds. The van der Waals surface area contributed by atoms with Crippen LogP contribution in [0.2, 0.25) is 0 Å². The minimum absolute atomic E-state index is 0.0404. The van der Waals surface area contributed by atoms with Gasteiger partial charge in [0.2, 0.25) is 5.91 Å². The van der Waals surface area contributed by atoms with E-state index in [1.165, 1.54) is 17.8 Å². The van der Waals surface area contributed by atoms with Crippen molar-refractivity contribution in [2.75, 3.05) is 17.7 Å². The van der Waals surface area contributed by atoms with E-state index in [-0.39, 0.29) is 29.6 Å². The summed E-state index contributed by atoms with van der Waals surface area (Å²) in [4.78, 5) is 37.6. The van der Waals surface area contributed by atoms with Crippen LogP contribution < -0.4 is 10.9 Å². The Morgan fingerprint density at radius 3 is 2.52 bits per heavy atom. The molecule has 3 rings (SSSR count). The Morgan fingerprint density at radius 2 is 1.81 bits per heavy atom. The number of amides is 1. The summed E-state index contributed by atoms with van der Waals surface area (Å²) in [7, 11) is 0. The van der Waals surface area contributed by atoms with Gasteiger partial charge in [-0.3, -0.25) is 9.59 Å². The van der Waals surface area contributed by atoms with E-state index in [1.807, 2.05) is 49.4 Å². The van der Waals surface area contributed by atoms with Crippen LogP contribution in [0, 0.1) is 6.92 Å². The monoisotopic (exact) mass is 437 g/mol. The van der Waals surface area contributed by atoms with Crippen molar-refractivity contribution in [3.8, 4) is 5.69 Å². The zero-order chi connectivity index (χ0) is 22.2. The molecule has 31 heavy (non-hydrogen) atoms.